The van der Waals surface area contributed by atoms with E-state index >= 15 is 0 Å². The van der Waals surface area contributed by atoms with Gasteiger partial charge in [-0.25, -0.2) is 0 Å². The molecule has 1 aromatic rings. The van der Waals surface area contributed by atoms with E-state index in [2.05, 4.69) is 11.8 Å². The fraction of sp³-hybridized carbons (Fsp3) is 0.632. The third-order valence-corrected chi connectivity index (χ3v) is 5.21. The van der Waals surface area contributed by atoms with E-state index in [0.29, 0.717) is 37.3 Å². The molecule has 0 radical (unpaired) electrons. The minimum absolute atomic E-state index is 0.114. The van der Waals surface area contributed by atoms with Crippen LogP contribution in [0.15, 0.2) is 18.2 Å². The van der Waals surface area contributed by atoms with Crippen molar-refractivity contribution >= 4 is 5.91 Å². The monoisotopic (exact) mass is 348 g/mol. The molecule has 0 N–H and O–H groups in total. The highest BCUT2D eigenvalue weighted by atomic mass is 16.5. The number of ether oxygens (including phenoxy) is 3. The Bertz CT molecular complexity index is 607. The summed E-state index contributed by atoms with van der Waals surface area (Å²) in [6.07, 6.45) is 2.02. The van der Waals surface area contributed by atoms with Crippen molar-refractivity contribution in [3.8, 4) is 11.5 Å². The molecule has 2 aliphatic rings. The van der Waals surface area contributed by atoms with Crippen molar-refractivity contribution in [2.24, 2.45) is 0 Å². The summed E-state index contributed by atoms with van der Waals surface area (Å²) in [5.41, 5.74) is 1.11. The Balaban J connectivity index is 1.72. The molecule has 2 fully saturated rings. The van der Waals surface area contributed by atoms with Crippen molar-refractivity contribution in [3.63, 3.8) is 0 Å². The third-order valence-electron chi connectivity index (χ3n) is 5.21. The maximum atomic E-state index is 12.9. The zero-order chi connectivity index (χ0) is 17.8. The van der Waals surface area contributed by atoms with Crippen LogP contribution < -0.4 is 9.47 Å². The molecule has 0 spiro atoms. The van der Waals surface area contributed by atoms with Gasteiger partial charge in [-0.2, -0.15) is 0 Å². The first-order chi connectivity index (χ1) is 12.1. The van der Waals surface area contributed by atoms with Crippen molar-refractivity contribution in [1.29, 1.82) is 0 Å². The van der Waals surface area contributed by atoms with Gasteiger partial charge in [0.25, 0.3) is 0 Å². The quantitative estimate of drug-likeness (QED) is 0.816. The molecule has 6 nitrogen and oxygen atoms in total. The minimum atomic E-state index is 0.114. The molecule has 2 heterocycles. The molecule has 25 heavy (non-hydrogen) atoms. The predicted octanol–water partition coefficient (Wildman–Crippen LogP) is 2.09. The van der Waals surface area contributed by atoms with Gasteiger partial charge in [0.15, 0.2) is 11.5 Å². The summed E-state index contributed by atoms with van der Waals surface area (Å²) in [6, 6.07) is 6.35. The molecule has 0 aromatic heterocycles. The van der Waals surface area contributed by atoms with Crippen molar-refractivity contribution < 1.29 is 19.0 Å². The molecular formula is C19H28N2O4. The first-order valence-electron chi connectivity index (χ1n) is 8.97. The van der Waals surface area contributed by atoms with E-state index in [0.717, 1.165) is 31.5 Å². The van der Waals surface area contributed by atoms with E-state index in [9.17, 15) is 4.79 Å². The number of carbonyl (C=O) groups is 1. The fourth-order valence-corrected chi connectivity index (χ4v) is 3.73. The summed E-state index contributed by atoms with van der Waals surface area (Å²) >= 11 is 0. The number of amides is 1. The van der Waals surface area contributed by atoms with Crippen LogP contribution in [-0.4, -0.2) is 68.8 Å². The van der Waals surface area contributed by atoms with Gasteiger partial charge >= 0.3 is 0 Å². The first kappa shape index (κ1) is 18.0. The lowest BCUT2D eigenvalue weighted by Gasteiger charge is -2.35. The van der Waals surface area contributed by atoms with Crippen molar-refractivity contribution in [3.05, 3.63) is 23.8 Å². The SMILES string of the molecule is COc1ccc([C@H]2CCCN2C(=O)CN2CCOC[C@H]2C)cc1OC. The number of morpholine rings is 1. The zero-order valence-electron chi connectivity index (χ0n) is 15.4. The summed E-state index contributed by atoms with van der Waals surface area (Å²) in [5.74, 6) is 1.62. The lowest BCUT2D eigenvalue weighted by Crippen LogP contribution is -2.49. The topological polar surface area (TPSA) is 51.2 Å². The molecule has 0 saturated carbocycles. The van der Waals surface area contributed by atoms with Crippen molar-refractivity contribution in [2.45, 2.75) is 31.8 Å². The summed E-state index contributed by atoms with van der Waals surface area (Å²) in [6.45, 7) is 5.62. The van der Waals surface area contributed by atoms with Gasteiger partial charge in [-0.05, 0) is 37.5 Å². The lowest BCUT2D eigenvalue weighted by atomic mass is 10.0. The number of rotatable bonds is 5. The molecule has 0 unspecified atom stereocenters. The second-order valence-corrected chi connectivity index (χ2v) is 6.75. The number of methoxy groups -OCH3 is 2. The van der Waals surface area contributed by atoms with Crippen LogP contribution in [0.5, 0.6) is 11.5 Å². The van der Waals surface area contributed by atoms with Crippen LogP contribution in [0, 0.1) is 0 Å². The molecular weight excluding hydrogens is 320 g/mol. The highest BCUT2D eigenvalue weighted by molar-refractivity contribution is 5.79. The maximum absolute atomic E-state index is 12.9. The number of hydrogen-bond acceptors (Lipinski definition) is 5. The van der Waals surface area contributed by atoms with E-state index in [1.54, 1.807) is 14.2 Å². The predicted molar refractivity (Wildman–Crippen MR) is 95.1 cm³/mol. The molecule has 2 atom stereocenters. The Morgan fingerprint density at radius 1 is 1.24 bits per heavy atom. The largest absolute Gasteiger partial charge is 0.493 e. The number of benzene rings is 1. The van der Waals surface area contributed by atoms with E-state index in [-0.39, 0.29) is 11.9 Å². The summed E-state index contributed by atoms with van der Waals surface area (Å²) in [4.78, 5) is 17.1. The van der Waals surface area contributed by atoms with Gasteiger partial charge in [0, 0.05) is 19.1 Å². The van der Waals surface area contributed by atoms with Crippen LogP contribution in [0.4, 0.5) is 0 Å². The Kier molecular flexibility index (Phi) is 5.81. The number of carbonyl (C=O) groups excluding carboxylic acids is 1. The number of nitrogens with zero attached hydrogens (tertiary/aromatic N) is 2. The first-order valence-corrected chi connectivity index (χ1v) is 8.97. The Morgan fingerprint density at radius 3 is 2.76 bits per heavy atom. The molecule has 2 saturated heterocycles. The van der Waals surface area contributed by atoms with Gasteiger partial charge < -0.3 is 19.1 Å². The summed E-state index contributed by atoms with van der Waals surface area (Å²) in [5, 5.41) is 0. The normalized spacial score (nSPS) is 24.4. The number of hydrogen-bond donors (Lipinski definition) is 0. The Hall–Kier alpha value is -1.79. The summed E-state index contributed by atoms with van der Waals surface area (Å²) in [7, 11) is 3.27. The highest BCUT2D eigenvalue weighted by Crippen LogP contribution is 2.37. The minimum Gasteiger partial charge on any atom is -0.493 e. The van der Waals surface area contributed by atoms with Crippen LogP contribution >= 0.6 is 0 Å². The molecule has 0 aliphatic carbocycles. The molecule has 138 valence electrons. The van der Waals surface area contributed by atoms with Gasteiger partial charge in [-0.1, -0.05) is 6.07 Å². The molecule has 1 aromatic carbocycles. The maximum Gasteiger partial charge on any atom is 0.237 e. The van der Waals surface area contributed by atoms with Gasteiger partial charge in [0.1, 0.15) is 0 Å². The van der Waals surface area contributed by atoms with Crippen LogP contribution in [0.25, 0.3) is 0 Å². The van der Waals surface area contributed by atoms with E-state index in [4.69, 9.17) is 14.2 Å². The molecule has 1 amide bonds. The number of likely N-dealkylation sites (tertiary alicyclic amines) is 1. The average molecular weight is 348 g/mol. The Labute approximate surface area is 149 Å². The van der Waals surface area contributed by atoms with Crippen molar-refractivity contribution in [1.82, 2.24) is 9.80 Å². The van der Waals surface area contributed by atoms with Crippen LogP contribution in [0.2, 0.25) is 0 Å². The van der Waals surface area contributed by atoms with E-state index in [1.807, 2.05) is 23.1 Å². The highest BCUT2D eigenvalue weighted by Gasteiger charge is 2.32. The van der Waals surface area contributed by atoms with Crippen LogP contribution in [0.1, 0.15) is 31.4 Å². The second kappa shape index (κ2) is 8.06. The van der Waals surface area contributed by atoms with Gasteiger partial charge in [-0.3, -0.25) is 9.69 Å². The molecule has 2 aliphatic heterocycles. The van der Waals surface area contributed by atoms with E-state index < -0.39 is 0 Å². The van der Waals surface area contributed by atoms with Crippen LogP contribution in [0.3, 0.4) is 0 Å². The second-order valence-electron chi connectivity index (χ2n) is 6.75. The fourth-order valence-electron chi connectivity index (χ4n) is 3.73. The lowest BCUT2D eigenvalue weighted by molar-refractivity contribution is -0.135. The van der Waals surface area contributed by atoms with E-state index in [1.165, 1.54) is 0 Å². The Morgan fingerprint density at radius 2 is 2.04 bits per heavy atom. The molecule has 3 rings (SSSR count). The van der Waals surface area contributed by atoms with Gasteiger partial charge in [0.2, 0.25) is 5.91 Å². The summed E-state index contributed by atoms with van der Waals surface area (Å²) < 4.78 is 16.2. The van der Waals surface area contributed by atoms with Gasteiger partial charge in [0.05, 0.1) is 40.0 Å². The molecule has 6 heteroatoms. The zero-order valence-corrected chi connectivity index (χ0v) is 15.4. The third kappa shape index (κ3) is 3.90. The standard InChI is InChI=1S/C19H28N2O4/c1-14-13-25-10-9-20(14)12-19(22)21-8-4-5-16(21)15-6-7-17(23-2)18(11-15)24-3/h6-7,11,14,16H,4-5,8-10,12-13H2,1-3H3/t14-,16-/m1/s1. The average Bonchev–Trinajstić information content (AvgIpc) is 3.13. The van der Waals surface area contributed by atoms with Gasteiger partial charge in [-0.15, -0.1) is 0 Å². The van der Waals surface area contributed by atoms with Crippen LogP contribution in [-0.2, 0) is 9.53 Å². The molecule has 0 bridgehead atoms. The smallest absolute Gasteiger partial charge is 0.237 e. The van der Waals surface area contributed by atoms with Crippen molar-refractivity contribution in [2.75, 3.05) is 47.1 Å².